The lowest BCUT2D eigenvalue weighted by Crippen LogP contribution is -2.51. The Kier molecular flexibility index (Phi) is 3.33. The molecule has 4 rings (SSSR count). The lowest BCUT2D eigenvalue weighted by molar-refractivity contribution is -0.137. The van der Waals surface area contributed by atoms with Crippen LogP contribution in [0.3, 0.4) is 0 Å². The van der Waals surface area contributed by atoms with E-state index in [-0.39, 0.29) is 11.3 Å². The van der Waals surface area contributed by atoms with Crippen LogP contribution in [-0.2, 0) is 4.79 Å². The summed E-state index contributed by atoms with van der Waals surface area (Å²) in [5.74, 6) is 0.179. The molecule has 0 radical (unpaired) electrons. The molecule has 0 aromatic heterocycles. The Morgan fingerprint density at radius 3 is 2.24 bits per heavy atom. The van der Waals surface area contributed by atoms with Gasteiger partial charge < -0.3 is 0 Å². The van der Waals surface area contributed by atoms with Crippen LogP contribution in [0.4, 0.5) is 5.69 Å². The summed E-state index contributed by atoms with van der Waals surface area (Å²) >= 11 is 0. The number of hydrogen-bond donors (Lipinski definition) is 0. The van der Waals surface area contributed by atoms with E-state index in [4.69, 9.17) is 0 Å². The van der Waals surface area contributed by atoms with Crippen molar-refractivity contribution in [1.29, 1.82) is 0 Å². The number of carbonyl (C=O) groups is 1. The molecule has 25 heavy (non-hydrogen) atoms. The first-order valence-electron chi connectivity index (χ1n) is 8.81. The lowest BCUT2D eigenvalue weighted by Gasteiger charge is -2.39. The van der Waals surface area contributed by atoms with Gasteiger partial charge in [-0.3, -0.25) is 9.80 Å². The van der Waals surface area contributed by atoms with Crippen molar-refractivity contribution in [3.63, 3.8) is 0 Å². The Balaban J connectivity index is 1.99. The van der Waals surface area contributed by atoms with Gasteiger partial charge in [0.1, 0.15) is 0 Å². The largest absolute Gasteiger partial charge is 0.281 e. The maximum Gasteiger partial charge on any atom is 0.249 e. The molecule has 0 aliphatic carbocycles. The van der Waals surface area contributed by atoms with Gasteiger partial charge in [0.05, 0.1) is 23.2 Å². The minimum atomic E-state index is -0.408. The van der Waals surface area contributed by atoms with E-state index >= 15 is 0 Å². The SMILES string of the molecule is CC1(C)CN2c3ccccc3C(c3ccccc3)=CC(C)(C)N2C1=O. The average molecular weight is 332 g/mol. The highest BCUT2D eigenvalue weighted by molar-refractivity contribution is 5.94. The molecule has 1 amide bonds. The molecule has 2 aliphatic rings. The fraction of sp³-hybridized carbons (Fsp3) is 0.318. The molecular formula is C22H24N2O. The molecule has 0 atom stereocenters. The topological polar surface area (TPSA) is 23.6 Å². The van der Waals surface area contributed by atoms with E-state index in [1.807, 2.05) is 31.0 Å². The molecule has 0 spiro atoms. The van der Waals surface area contributed by atoms with Crippen LogP contribution in [-0.4, -0.2) is 23.0 Å². The third-order valence-corrected chi connectivity index (χ3v) is 5.16. The van der Waals surface area contributed by atoms with Crippen LogP contribution < -0.4 is 5.01 Å². The first kappa shape index (κ1) is 15.9. The fourth-order valence-electron chi connectivity index (χ4n) is 3.95. The van der Waals surface area contributed by atoms with E-state index < -0.39 is 5.54 Å². The van der Waals surface area contributed by atoms with Gasteiger partial charge in [-0.05, 0) is 51.0 Å². The highest BCUT2D eigenvalue weighted by atomic mass is 16.2. The average Bonchev–Trinajstić information content (AvgIpc) is 2.78. The van der Waals surface area contributed by atoms with Gasteiger partial charge in [-0.1, -0.05) is 48.5 Å². The molecule has 3 heteroatoms. The van der Waals surface area contributed by atoms with Gasteiger partial charge in [-0.2, -0.15) is 0 Å². The molecule has 2 aromatic rings. The Labute approximate surface area is 149 Å². The molecule has 3 nitrogen and oxygen atoms in total. The Hall–Kier alpha value is -2.55. The predicted molar refractivity (Wildman–Crippen MR) is 102 cm³/mol. The van der Waals surface area contributed by atoms with Gasteiger partial charge in [0.2, 0.25) is 5.91 Å². The van der Waals surface area contributed by atoms with E-state index in [1.165, 1.54) is 16.7 Å². The van der Waals surface area contributed by atoms with Crippen molar-refractivity contribution >= 4 is 17.2 Å². The number of carbonyl (C=O) groups excluding carboxylic acids is 1. The Bertz CT molecular complexity index is 865. The third kappa shape index (κ3) is 2.38. The molecule has 2 heterocycles. The second kappa shape index (κ2) is 5.22. The number of anilines is 1. The van der Waals surface area contributed by atoms with Crippen LogP contribution in [0.15, 0.2) is 60.7 Å². The first-order chi connectivity index (χ1) is 11.8. The van der Waals surface area contributed by atoms with E-state index in [2.05, 4.69) is 67.4 Å². The molecule has 128 valence electrons. The number of para-hydroxylation sites is 1. The normalized spacial score (nSPS) is 20.6. The number of nitrogens with zero attached hydrogens (tertiary/aromatic N) is 2. The molecule has 0 N–H and O–H groups in total. The highest BCUT2D eigenvalue weighted by Crippen LogP contribution is 2.45. The van der Waals surface area contributed by atoms with Crippen LogP contribution in [0.1, 0.15) is 38.8 Å². The Morgan fingerprint density at radius 2 is 1.52 bits per heavy atom. The van der Waals surface area contributed by atoms with Gasteiger partial charge in [0.25, 0.3) is 0 Å². The summed E-state index contributed by atoms with van der Waals surface area (Å²) in [7, 11) is 0. The van der Waals surface area contributed by atoms with Crippen molar-refractivity contribution in [1.82, 2.24) is 5.01 Å². The van der Waals surface area contributed by atoms with E-state index in [9.17, 15) is 4.79 Å². The van der Waals surface area contributed by atoms with Crippen LogP contribution in [0.25, 0.3) is 5.57 Å². The van der Waals surface area contributed by atoms with Crippen LogP contribution >= 0.6 is 0 Å². The van der Waals surface area contributed by atoms with Crippen molar-refractivity contribution in [3.05, 3.63) is 71.8 Å². The predicted octanol–water partition coefficient (Wildman–Crippen LogP) is 4.50. The molecule has 2 aromatic carbocycles. The highest BCUT2D eigenvalue weighted by Gasteiger charge is 2.51. The third-order valence-electron chi connectivity index (χ3n) is 5.16. The molecule has 1 fully saturated rings. The van der Waals surface area contributed by atoms with Crippen LogP contribution in [0.2, 0.25) is 0 Å². The maximum atomic E-state index is 13.1. The van der Waals surface area contributed by atoms with Crippen LogP contribution in [0, 0.1) is 5.41 Å². The van der Waals surface area contributed by atoms with Crippen molar-refractivity contribution in [2.45, 2.75) is 33.2 Å². The van der Waals surface area contributed by atoms with E-state index in [0.717, 1.165) is 5.69 Å². The van der Waals surface area contributed by atoms with Gasteiger partial charge in [0, 0.05) is 5.56 Å². The standard InChI is InChI=1S/C22H24N2O/c1-21(2)15-23-19-13-9-8-12-17(19)18(16-10-6-5-7-11-16)14-22(3,4)24(23)20(21)25/h5-14H,15H2,1-4H3. The van der Waals surface area contributed by atoms with Crippen molar-refractivity contribution in [3.8, 4) is 0 Å². The number of fused-ring (bicyclic) bond motifs is 3. The molecule has 0 saturated carbocycles. The number of rotatable bonds is 1. The summed E-state index contributed by atoms with van der Waals surface area (Å²) in [6.45, 7) is 9.00. The van der Waals surface area contributed by atoms with E-state index in [1.54, 1.807) is 0 Å². The zero-order valence-electron chi connectivity index (χ0n) is 15.3. The van der Waals surface area contributed by atoms with Gasteiger partial charge in [0.15, 0.2) is 0 Å². The zero-order chi connectivity index (χ0) is 17.8. The summed E-state index contributed by atoms with van der Waals surface area (Å²) in [4.78, 5) is 13.1. The van der Waals surface area contributed by atoms with Crippen molar-refractivity contribution in [2.24, 2.45) is 5.41 Å². The number of hydrazine groups is 1. The molecular weight excluding hydrogens is 308 g/mol. The molecule has 0 unspecified atom stereocenters. The minimum Gasteiger partial charge on any atom is -0.281 e. The van der Waals surface area contributed by atoms with E-state index in [0.29, 0.717) is 6.54 Å². The summed E-state index contributed by atoms with van der Waals surface area (Å²) < 4.78 is 0. The molecule has 1 saturated heterocycles. The second-order valence-corrected chi connectivity index (χ2v) is 8.15. The quantitative estimate of drug-likeness (QED) is 0.767. The van der Waals surface area contributed by atoms with Gasteiger partial charge in [-0.25, -0.2) is 5.01 Å². The van der Waals surface area contributed by atoms with Crippen LogP contribution in [0.5, 0.6) is 0 Å². The van der Waals surface area contributed by atoms with Gasteiger partial charge in [-0.15, -0.1) is 0 Å². The van der Waals surface area contributed by atoms with Crippen molar-refractivity contribution in [2.75, 3.05) is 11.6 Å². The Morgan fingerprint density at radius 1 is 0.880 bits per heavy atom. The second-order valence-electron chi connectivity index (χ2n) is 8.15. The number of hydrogen-bond acceptors (Lipinski definition) is 2. The van der Waals surface area contributed by atoms with Gasteiger partial charge >= 0.3 is 0 Å². The number of amides is 1. The maximum absolute atomic E-state index is 13.1. The number of benzene rings is 2. The molecule has 2 aliphatic heterocycles. The summed E-state index contributed by atoms with van der Waals surface area (Å²) in [5.41, 5.74) is 3.84. The summed E-state index contributed by atoms with van der Waals surface area (Å²) in [6.07, 6.45) is 2.24. The van der Waals surface area contributed by atoms with Crippen molar-refractivity contribution < 1.29 is 4.79 Å². The minimum absolute atomic E-state index is 0.179. The summed E-state index contributed by atoms with van der Waals surface area (Å²) in [5, 5.41) is 4.12. The fourth-order valence-corrected chi connectivity index (χ4v) is 3.95. The zero-order valence-corrected chi connectivity index (χ0v) is 15.3. The lowest BCUT2D eigenvalue weighted by atomic mass is 9.88. The first-order valence-corrected chi connectivity index (χ1v) is 8.81. The monoisotopic (exact) mass is 332 g/mol. The molecule has 0 bridgehead atoms. The smallest absolute Gasteiger partial charge is 0.249 e. The summed E-state index contributed by atoms with van der Waals surface area (Å²) in [6, 6.07) is 18.8.